The summed E-state index contributed by atoms with van der Waals surface area (Å²) in [6.45, 7) is 5.51. The third-order valence-electron chi connectivity index (χ3n) is 6.34. The first-order valence-electron chi connectivity index (χ1n) is 12.0. The summed E-state index contributed by atoms with van der Waals surface area (Å²) in [5, 5.41) is 10.2. The van der Waals surface area contributed by atoms with Crippen LogP contribution in [0.4, 0.5) is 4.79 Å². The SMILES string of the molecule is CC(C)(C)OC(=O)n1c(-c2ccc3c(c2)CC(NS(=O)(=O)c2ccccc2C#N)C3)cc2ccccc21. The van der Waals surface area contributed by atoms with Gasteiger partial charge < -0.3 is 4.74 Å². The van der Waals surface area contributed by atoms with Crippen molar-refractivity contribution in [1.82, 2.24) is 9.29 Å². The molecule has 0 aliphatic heterocycles. The molecule has 37 heavy (non-hydrogen) atoms. The second-order valence-corrected chi connectivity index (χ2v) is 11.9. The first-order chi connectivity index (χ1) is 17.6. The van der Waals surface area contributed by atoms with Gasteiger partial charge in [-0.15, -0.1) is 0 Å². The van der Waals surface area contributed by atoms with Crippen molar-refractivity contribution in [3.05, 3.63) is 89.5 Å². The van der Waals surface area contributed by atoms with Crippen LogP contribution in [0.3, 0.4) is 0 Å². The molecule has 7 nitrogen and oxygen atoms in total. The topological polar surface area (TPSA) is 101 Å². The van der Waals surface area contributed by atoms with Crippen molar-refractivity contribution in [2.45, 2.75) is 50.2 Å². The van der Waals surface area contributed by atoms with Crippen LogP contribution in [-0.4, -0.2) is 30.7 Å². The molecule has 4 aromatic rings. The molecule has 1 aliphatic carbocycles. The lowest BCUT2D eigenvalue weighted by atomic mass is 10.0. The first-order valence-corrected chi connectivity index (χ1v) is 13.5. The molecular formula is C29H27N3O4S. The van der Waals surface area contributed by atoms with Gasteiger partial charge in [0.05, 0.1) is 21.7 Å². The van der Waals surface area contributed by atoms with Crippen LogP contribution in [0.2, 0.25) is 0 Å². The molecule has 0 radical (unpaired) electrons. The Labute approximate surface area is 216 Å². The molecule has 1 atom stereocenters. The number of ether oxygens (including phenoxy) is 1. The zero-order valence-electron chi connectivity index (χ0n) is 20.9. The fourth-order valence-electron chi connectivity index (χ4n) is 4.81. The fraction of sp³-hybridized carbons (Fsp3) is 0.241. The number of nitriles is 1. The monoisotopic (exact) mass is 513 g/mol. The number of carbonyl (C=O) groups is 1. The lowest BCUT2D eigenvalue weighted by Gasteiger charge is -2.21. The van der Waals surface area contributed by atoms with Crippen LogP contribution in [0.25, 0.3) is 22.2 Å². The van der Waals surface area contributed by atoms with E-state index in [1.165, 1.54) is 12.1 Å². The molecule has 8 heteroatoms. The summed E-state index contributed by atoms with van der Waals surface area (Å²) in [5.41, 5.74) is 3.84. The number of nitrogens with zero attached hydrogens (tertiary/aromatic N) is 2. The van der Waals surface area contributed by atoms with Crippen LogP contribution in [0.5, 0.6) is 0 Å². The maximum atomic E-state index is 13.2. The van der Waals surface area contributed by atoms with Crippen molar-refractivity contribution in [3.63, 3.8) is 0 Å². The Hall–Kier alpha value is -3.93. The van der Waals surface area contributed by atoms with Crippen molar-refractivity contribution < 1.29 is 17.9 Å². The third kappa shape index (κ3) is 4.88. The number of carbonyl (C=O) groups excluding carboxylic acids is 1. The van der Waals surface area contributed by atoms with E-state index in [0.717, 1.165) is 27.6 Å². The van der Waals surface area contributed by atoms with Crippen LogP contribution >= 0.6 is 0 Å². The van der Waals surface area contributed by atoms with E-state index in [1.807, 2.05) is 75.4 Å². The van der Waals surface area contributed by atoms with E-state index in [4.69, 9.17) is 4.74 Å². The lowest BCUT2D eigenvalue weighted by molar-refractivity contribution is 0.0547. The highest BCUT2D eigenvalue weighted by atomic mass is 32.2. The molecule has 188 valence electrons. The van der Waals surface area contributed by atoms with Crippen LogP contribution in [0.1, 0.15) is 37.5 Å². The normalized spacial score (nSPS) is 15.4. The number of fused-ring (bicyclic) bond motifs is 2. The highest BCUT2D eigenvalue weighted by molar-refractivity contribution is 7.89. The van der Waals surface area contributed by atoms with Gasteiger partial charge in [-0.25, -0.2) is 22.5 Å². The molecule has 0 saturated carbocycles. The Morgan fingerprint density at radius 3 is 2.46 bits per heavy atom. The van der Waals surface area contributed by atoms with Gasteiger partial charge >= 0.3 is 6.09 Å². The number of nitrogens with one attached hydrogen (secondary N) is 1. The molecule has 0 amide bonds. The Morgan fingerprint density at radius 2 is 1.70 bits per heavy atom. The molecule has 1 aromatic heterocycles. The van der Waals surface area contributed by atoms with E-state index < -0.39 is 21.7 Å². The summed E-state index contributed by atoms with van der Waals surface area (Å²) in [6, 6.07) is 23.4. The van der Waals surface area contributed by atoms with E-state index >= 15 is 0 Å². The van der Waals surface area contributed by atoms with E-state index in [-0.39, 0.29) is 16.5 Å². The minimum absolute atomic E-state index is 0.0176. The quantitative estimate of drug-likeness (QED) is 0.393. The van der Waals surface area contributed by atoms with Gasteiger partial charge in [-0.1, -0.05) is 42.5 Å². The maximum absolute atomic E-state index is 13.2. The van der Waals surface area contributed by atoms with Crippen LogP contribution in [-0.2, 0) is 27.6 Å². The number of hydrogen-bond acceptors (Lipinski definition) is 5. The molecule has 0 bridgehead atoms. The fourth-order valence-corrected chi connectivity index (χ4v) is 6.20. The van der Waals surface area contributed by atoms with Crippen LogP contribution < -0.4 is 4.72 Å². The van der Waals surface area contributed by atoms with Gasteiger partial charge in [-0.2, -0.15) is 5.26 Å². The number of aromatic nitrogens is 1. The van der Waals surface area contributed by atoms with E-state index in [0.29, 0.717) is 18.5 Å². The first kappa shape index (κ1) is 24.8. The minimum atomic E-state index is -3.86. The van der Waals surface area contributed by atoms with Gasteiger partial charge in [-0.3, -0.25) is 0 Å². The van der Waals surface area contributed by atoms with E-state index in [9.17, 15) is 18.5 Å². The Morgan fingerprint density at radius 1 is 1.00 bits per heavy atom. The van der Waals surface area contributed by atoms with Crippen molar-refractivity contribution >= 4 is 27.0 Å². The highest BCUT2D eigenvalue weighted by Gasteiger charge is 2.29. The average Bonchev–Trinajstić information content (AvgIpc) is 3.42. The molecule has 1 heterocycles. The number of benzene rings is 3. The summed E-state index contributed by atoms with van der Waals surface area (Å²) in [4.78, 5) is 13.2. The average molecular weight is 514 g/mol. The standard InChI is InChI=1S/C29H27N3O4S/c1-29(2,3)36-28(33)32-25-10-6-4-8-20(25)17-26(32)21-13-12-19-15-24(16-23(19)14-21)31-37(34,35)27-11-7-5-9-22(27)18-30/h4-14,17,24,31H,15-16H2,1-3H3. The van der Waals surface area contributed by atoms with Gasteiger partial charge in [0, 0.05) is 11.4 Å². The van der Waals surface area contributed by atoms with E-state index in [2.05, 4.69) is 4.72 Å². The van der Waals surface area contributed by atoms with Crippen molar-refractivity contribution in [2.75, 3.05) is 0 Å². The zero-order valence-corrected chi connectivity index (χ0v) is 21.7. The predicted molar refractivity (Wildman–Crippen MR) is 142 cm³/mol. The molecule has 0 spiro atoms. The predicted octanol–water partition coefficient (Wildman–Crippen LogP) is 5.41. The van der Waals surface area contributed by atoms with Gasteiger partial charge in [-0.05, 0) is 80.6 Å². The summed E-state index contributed by atoms with van der Waals surface area (Å²) >= 11 is 0. The maximum Gasteiger partial charge on any atom is 0.419 e. The van der Waals surface area contributed by atoms with Crippen LogP contribution in [0.15, 0.2) is 77.7 Å². The second-order valence-electron chi connectivity index (χ2n) is 10.2. The van der Waals surface area contributed by atoms with Crippen molar-refractivity contribution in [3.8, 4) is 17.3 Å². The lowest BCUT2D eigenvalue weighted by Crippen LogP contribution is -2.35. The molecule has 1 unspecified atom stereocenters. The van der Waals surface area contributed by atoms with Gasteiger partial charge in [0.25, 0.3) is 0 Å². The molecule has 0 saturated heterocycles. The Kier molecular flexibility index (Phi) is 6.14. The second kappa shape index (κ2) is 9.18. The number of sulfonamides is 1. The molecule has 1 aliphatic rings. The summed E-state index contributed by atoms with van der Waals surface area (Å²) in [7, 11) is -3.86. The molecule has 1 N–H and O–H groups in total. The number of rotatable bonds is 4. The molecule has 5 rings (SSSR count). The summed E-state index contributed by atoms with van der Waals surface area (Å²) in [5.74, 6) is 0. The van der Waals surface area contributed by atoms with Gasteiger partial charge in [0.2, 0.25) is 10.0 Å². The number of hydrogen-bond donors (Lipinski definition) is 1. The van der Waals surface area contributed by atoms with Crippen molar-refractivity contribution in [1.29, 1.82) is 5.26 Å². The van der Waals surface area contributed by atoms with E-state index in [1.54, 1.807) is 16.7 Å². The minimum Gasteiger partial charge on any atom is -0.443 e. The Bertz CT molecular complexity index is 1670. The summed E-state index contributed by atoms with van der Waals surface area (Å²) < 4.78 is 36.1. The van der Waals surface area contributed by atoms with Gasteiger partial charge in [0.1, 0.15) is 11.7 Å². The zero-order chi connectivity index (χ0) is 26.4. The third-order valence-corrected chi connectivity index (χ3v) is 7.92. The Balaban J connectivity index is 1.46. The largest absolute Gasteiger partial charge is 0.443 e. The highest BCUT2D eigenvalue weighted by Crippen LogP contribution is 2.33. The van der Waals surface area contributed by atoms with Crippen molar-refractivity contribution in [2.24, 2.45) is 0 Å². The molecule has 0 fully saturated rings. The molecular weight excluding hydrogens is 486 g/mol. The smallest absolute Gasteiger partial charge is 0.419 e. The number of para-hydroxylation sites is 1. The van der Waals surface area contributed by atoms with Crippen LogP contribution in [0, 0.1) is 11.3 Å². The summed E-state index contributed by atoms with van der Waals surface area (Å²) in [6.07, 6.45) is 0.591. The molecule has 3 aromatic carbocycles. The van der Waals surface area contributed by atoms with Gasteiger partial charge in [0.15, 0.2) is 0 Å².